The van der Waals surface area contributed by atoms with Crippen LogP contribution in [0, 0.1) is 0 Å². The van der Waals surface area contributed by atoms with Crippen molar-refractivity contribution in [3.63, 3.8) is 0 Å². The fraction of sp³-hybridized carbons (Fsp3) is 0.500. The molecule has 0 bridgehead atoms. The van der Waals surface area contributed by atoms with Gasteiger partial charge in [0.2, 0.25) is 0 Å². The number of nitrogens with zero attached hydrogens (tertiary/aromatic N) is 1. The highest BCUT2D eigenvalue weighted by Gasteiger charge is 2.16. The number of hydrogen-bond acceptors (Lipinski definition) is 2. The first-order valence-corrected chi connectivity index (χ1v) is 5.50. The van der Waals surface area contributed by atoms with Crippen LogP contribution >= 0.6 is 15.9 Å². The molecule has 0 saturated carbocycles. The van der Waals surface area contributed by atoms with Gasteiger partial charge in [-0.25, -0.2) is 0 Å². The molecule has 2 nitrogen and oxygen atoms in total. The predicted octanol–water partition coefficient (Wildman–Crippen LogP) is 2.66. The monoisotopic (exact) mass is 240 g/mol. The van der Waals surface area contributed by atoms with E-state index in [2.05, 4.69) is 32.3 Å². The number of rotatable bonds is 1. The van der Waals surface area contributed by atoms with Crippen molar-refractivity contribution >= 4 is 15.9 Å². The Balaban J connectivity index is 2.18. The van der Waals surface area contributed by atoms with Crippen LogP contribution in [0.5, 0.6) is 0 Å². The smallest absolute Gasteiger partial charge is 0.0413 e. The van der Waals surface area contributed by atoms with Crippen LogP contribution in [0.25, 0.3) is 0 Å². The molecule has 0 aromatic carbocycles. The van der Waals surface area contributed by atoms with E-state index in [1.807, 2.05) is 12.4 Å². The van der Waals surface area contributed by atoms with E-state index in [0.29, 0.717) is 6.04 Å². The summed E-state index contributed by atoms with van der Waals surface area (Å²) in [5.41, 5.74) is 1.34. The van der Waals surface area contributed by atoms with Gasteiger partial charge in [0.25, 0.3) is 0 Å². The highest BCUT2D eigenvalue weighted by Crippen LogP contribution is 2.27. The molecule has 1 N–H and O–H groups in total. The highest BCUT2D eigenvalue weighted by molar-refractivity contribution is 9.10. The van der Waals surface area contributed by atoms with Gasteiger partial charge in [0.05, 0.1) is 0 Å². The van der Waals surface area contributed by atoms with E-state index in [-0.39, 0.29) is 0 Å². The van der Waals surface area contributed by atoms with Crippen molar-refractivity contribution in [2.24, 2.45) is 0 Å². The maximum Gasteiger partial charge on any atom is 0.0413 e. The molecule has 1 fully saturated rings. The minimum absolute atomic E-state index is 0.520. The van der Waals surface area contributed by atoms with Gasteiger partial charge < -0.3 is 5.32 Å². The van der Waals surface area contributed by atoms with E-state index in [9.17, 15) is 0 Å². The Morgan fingerprint density at radius 1 is 1.46 bits per heavy atom. The van der Waals surface area contributed by atoms with Crippen molar-refractivity contribution in [2.75, 3.05) is 6.54 Å². The van der Waals surface area contributed by atoms with E-state index in [4.69, 9.17) is 0 Å². The average molecular weight is 241 g/mol. The van der Waals surface area contributed by atoms with E-state index >= 15 is 0 Å². The molecule has 1 aromatic rings. The third kappa shape index (κ3) is 2.09. The molecular weight excluding hydrogens is 228 g/mol. The van der Waals surface area contributed by atoms with Crippen LogP contribution in [0.2, 0.25) is 0 Å². The molecule has 0 unspecified atom stereocenters. The van der Waals surface area contributed by atoms with Crippen molar-refractivity contribution < 1.29 is 0 Å². The van der Waals surface area contributed by atoms with Crippen molar-refractivity contribution in [3.05, 3.63) is 28.5 Å². The van der Waals surface area contributed by atoms with Crippen molar-refractivity contribution in [1.82, 2.24) is 10.3 Å². The van der Waals surface area contributed by atoms with Crippen LogP contribution in [0.1, 0.15) is 30.9 Å². The van der Waals surface area contributed by atoms with Crippen LogP contribution in [0.4, 0.5) is 0 Å². The van der Waals surface area contributed by atoms with Gasteiger partial charge in [-0.05, 0) is 46.9 Å². The third-order valence-corrected chi connectivity index (χ3v) is 3.15. The second-order valence-corrected chi connectivity index (χ2v) is 4.25. The lowest BCUT2D eigenvalue weighted by Crippen LogP contribution is -2.27. The van der Waals surface area contributed by atoms with Gasteiger partial charge in [-0.2, -0.15) is 0 Å². The largest absolute Gasteiger partial charge is 0.310 e. The summed E-state index contributed by atoms with van der Waals surface area (Å²) in [6.45, 7) is 1.14. The van der Waals surface area contributed by atoms with Crippen molar-refractivity contribution in [2.45, 2.75) is 25.3 Å². The van der Waals surface area contributed by atoms with E-state index in [1.165, 1.54) is 24.8 Å². The second kappa shape index (κ2) is 4.20. The minimum Gasteiger partial charge on any atom is -0.310 e. The first-order chi connectivity index (χ1) is 6.38. The van der Waals surface area contributed by atoms with Crippen LogP contribution in [0.15, 0.2) is 22.9 Å². The zero-order chi connectivity index (χ0) is 9.10. The fourth-order valence-electron chi connectivity index (χ4n) is 1.79. The normalized spacial score (nSPS) is 23.0. The molecule has 0 amide bonds. The molecule has 3 heteroatoms. The Kier molecular flexibility index (Phi) is 2.96. The summed E-state index contributed by atoms with van der Waals surface area (Å²) in [5.74, 6) is 0. The average Bonchev–Trinajstić information content (AvgIpc) is 2.20. The number of hydrogen-bond donors (Lipinski definition) is 1. The van der Waals surface area contributed by atoms with Gasteiger partial charge in [-0.3, -0.25) is 4.98 Å². The number of halogens is 1. The minimum atomic E-state index is 0.520. The molecule has 2 heterocycles. The maximum absolute atomic E-state index is 4.07. The molecule has 0 radical (unpaired) electrons. The zero-order valence-electron chi connectivity index (χ0n) is 7.46. The topological polar surface area (TPSA) is 24.9 Å². The molecule has 0 aliphatic carbocycles. The van der Waals surface area contributed by atoms with Crippen molar-refractivity contribution in [1.29, 1.82) is 0 Å². The summed E-state index contributed by atoms with van der Waals surface area (Å²) in [6.07, 6.45) is 7.59. The summed E-state index contributed by atoms with van der Waals surface area (Å²) in [4.78, 5) is 4.07. The van der Waals surface area contributed by atoms with Gasteiger partial charge in [-0.15, -0.1) is 0 Å². The summed E-state index contributed by atoms with van der Waals surface area (Å²) < 4.78 is 1.12. The lowest BCUT2D eigenvalue weighted by molar-refractivity contribution is 0.411. The Morgan fingerprint density at radius 2 is 2.38 bits per heavy atom. The number of piperidine rings is 1. The van der Waals surface area contributed by atoms with Crippen LogP contribution in [-0.4, -0.2) is 11.5 Å². The van der Waals surface area contributed by atoms with Crippen LogP contribution in [-0.2, 0) is 0 Å². The quantitative estimate of drug-likeness (QED) is 0.817. The Hall–Kier alpha value is -0.410. The third-order valence-electron chi connectivity index (χ3n) is 2.49. The summed E-state index contributed by atoms with van der Waals surface area (Å²) in [7, 11) is 0. The second-order valence-electron chi connectivity index (χ2n) is 3.40. The Bertz CT molecular complexity index is 282. The Morgan fingerprint density at radius 3 is 3.08 bits per heavy atom. The first kappa shape index (κ1) is 9.16. The molecule has 1 aromatic heterocycles. The summed E-state index contributed by atoms with van der Waals surface area (Å²) in [5, 5.41) is 3.52. The SMILES string of the molecule is Brc1cnccc1[C@H]1CCCCN1. The molecule has 1 aliphatic heterocycles. The van der Waals surface area contributed by atoms with E-state index in [0.717, 1.165) is 11.0 Å². The zero-order valence-corrected chi connectivity index (χ0v) is 9.05. The summed E-state index contributed by atoms with van der Waals surface area (Å²) in [6, 6.07) is 2.61. The molecule has 1 atom stereocenters. The van der Waals surface area contributed by atoms with Crippen LogP contribution in [0.3, 0.4) is 0 Å². The lowest BCUT2D eigenvalue weighted by Gasteiger charge is -2.24. The molecule has 1 aliphatic rings. The van der Waals surface area contributed by atoms with E-state index in [1.54, 1.807) is 0 Å². The first-order valence-electron chi connectivity index (χ1n) is 4.71. The fourth-order valence-corrected chi connectivity index (χ4v) is 2.31. The molecule has 0 spiro atoms. The van der Waals surface area contributed by atoms with E-state index < -0.39 is 0 Å². The van der Waals surface area contributed by atoms with Crippen molar-refractivity contribution in [3.8, 4) is 0 Å². The molecular formula is C10H13BrN2. The van der Waals surface area contributed by atoms with Gasteiger partial charge in [0.15, 0.2) is 0 Å². The Labute approximate surface area is 86.9 Å². The van der Waals surface area contributed by atoms with Gasteiger partial charge in [0, 0.05) is 22.9 Å². The summed E-state index contributed by atoms with van der Waals surface area (Å²) >= 11 is 3.53. The number of nitrogens with one attached hydrogen (secondary N) is 1. The van der Waals surface area contributed by atoms with Gasteiger partial charge >= 0.3 is 0 Å². The molecule has 13 heavy (non-hydrogen) atoms. The molecule has 1 saturated heterocycles. The number of aromatic nitrogens is 1. The van der Waals surface area contributed by atoms with Crippen LogP contribution < -0.4 is 5.32 Å². The lowest BCUT2D eigenvalue weighted by atomic mass is 9.99. The highest BCUT2D eigenvalue weighted by atomic mass is 79.9. The standard InChI is InChI=1S/C10H13BrN2/c11-9-7-12-6-4-8(9)10-3-1-2-5-13-10/h4,6-7,10,13H,1-3,5H2/t10-/m1/s1. The number of pyridine rings is 1. The predicted molar refractivity (Wildman–Crippen MR) is 56.5 cm³/mol. The maximum atomic E-state index is 4.07. The van der Waals surface area contributed by atoms with Gasteiger partial charge in [-0.1, -0.05) is 6.42 Å². The van der Waals surface area contributed by atoms with Gasteiger partial charge in [0.1, 0.15) is 0 Å². The molecule has 70 valence electrons. The molecule has 2 rings (SSSR count).